The van der Waals surface area contributed by atoms with Crippen molar-refractivity contribution in [1.29, 1.82) is 0 Å². The monoisotopic (exact) mass is 347 g/mol. The number of benzene rings is 2. The molecule has 0 spiro atoms. The second-order valence-corrected chi connectivity index (χ2v) is 5.88. The molecule has 5 nitrogen and oxygen atoms in total. The van der Waals surface area contributed by atoms with E-state index in [1.807, 2.05) is 13.8 Å². The summed E-state index contributed by atoms with van der Waals surface area (Å²) >= 11 is 6.11. The van der Waals surface area contributed by atoms with Crippen LogP contribution in [-0.2, 0) is 4.79 Å². The van der Waals surface area contributed by atoms with Crippen LogP contribution in [0.1, 0.15) is 28.4 Å². The lowest BCUT2D eigenvalue weighted by Gasteiger charge is -2.16. The van der Waals surface area contributed by atoms with Gasteiger partial charge in [0, 0.05) is 10.7 Å². The molecule has 0 aliphatic rings. The van der Waals surface area contributed by atoms with E-state index in [4.69, 9.17) is 21.4 Å². The number of aryl methyl sites for hydroxylation is 2. The van der Waals surface area contributed by atoms with Crippen LogP contribution in [0, 0.1) is 13.8 Å². The molecule has 0 unspecified atom stereocenters. The predicted molar refractivity (Wildman–Crippen MR) is 93.0 cm³/mol. The fourth-order valence-corrected chi connectivity index (χ4v) is 2.28. The molecule has 0 aliphatic heterocycles. The molecule has 2 rings (SSSR count). The van der Waals surface area contributed by atoms with Gasteiger partial charge in [0.15, 0.2) is 6.10 Å². The van der Waals surface area contributed by atoms with Gasteiger partial charge in [-0.1, -0.05) is 11.6 Å². The van der Waals surface area contributed by atoms with E-state index in [9.17, 15) is 9.59 Å². The van der Waals surface area contributed by atoms with E-state index in [2.05, 4.69) is 5.32 Å². The Kier molecular flexibility index (Phi) is 5.46. The van der Waals surface area contributed by atoms with Crippen molar-refractivity contribution in [3.05, 3.63) is 58.1 Å². The van der Waals surface area contributed by atoms with E-state index in [-0.39, 0.29) is 11.5 Å². The zero-order chi connectivity index (χ0) is 17.9. The average molecular weight is 348 g/mol. The summed E-state index contributed by atoms with van der Waals surface area (Å²) in [6.07, 6.45) is -0.718. The van der Waals surface area contributed by atoms with Gasteiger partial charge in [0.25, 0.3) is 5.91 Å². The molecule has 0 saturated carbocycles. The number of rotatable bonds is 5. The number of ether oxygens (including phenoxy) is 1. The molecule has 0 bridgehead atoms. The maximum atomic E-state index is 12.2. The molecule has 0 fully saturated rings. The lowest BCUT2D eigenvalue weighted by atomic mass is 10.1. The quantitative estimate of drug-likeness (QED) is 0.855. The Morgan fingerprint density at radius 3 is 2.17 bits per heavy atom. The van der Waals surface area contributed by atoms with Gasteiger partial charge in [0.05, 0.1) is 5.56 Å². The molecule has 126 valence electrons. The minimum atomic E-state index is -1.02. The zero-order valence-corrected chi connectivity index (χ0v) is 14.3. The van der Waals surface area contributed by atoms with E-state index >= 15 is 0 Å². The van der Waals surface area contributed by atoms with Crippen molar-refractivity contribution in [3.8, 4) is 5.75 Å². The Bertz CT molecular complexity index is 748. The Balaban J connectivity index is 2.03. The Labute approximate surface area is 145 Å². The Morgan fingerprint density at radius 2 is 1.67 bits per heavy atom. The van der Waals surface area contributed by atoms with Crippen molar-refractivity contribution in [1.82, 2.24) is 0 Å². The third-order valence-corrected chi connectivity index (χ3v) is 4.09. The number of halogens is 1. The van der Waals surface area contributed by atoms with Gasteiger partial charge in [-0.3, -0.25) is 4.79 Å². The van der Waals surface area contributed by atoms with Gasteiger partial charge < -0.3 is 15.2 Å². The lowest BCUT2D eigenvalue weighted by molar-refractivity contribution is -0.122. The van der Waals surface area contributed by atoms with E-state index in [0.717, 1.165) is 11.1 Å². The molecule has 24 heavy (non-hydrogen) atoms. The normalized spacial score (nSPS) is 11.7. The number of anilines is 1. The maximum Gasteiger partial charge on any atom is 0.335 e. The molecule has 1 atom stereocenters. The van der Waals surface area contributed by atoms with Gasteiger partial charge in [0.2, 0.25) is 0 Å². The van der Waals surface area contributed by atoms with E-state index < -0.39 is 12.1 Å². The Morgan fingerprint density at radius 1 is 1.12 bits per heavy atom. The standard InChI is InChI=1S/C18H18ClNO4/c1-10-8-15(9-11(2)16(10)19)24-12(3)17(21)20-14-6-4-13(5-7-14)18(22)23/h4-9,12H,1-3H3,(H,20,21)(H,22,23)/t12-/m0/s1. The second kappa shape index (κ2) is 7.36. The summed E-state index contributed by atoms with van der Waals surface area (Å²) in [7, 11) is 0. The number of carbonyl (C=O) groups is 2. The number of carboxylic acids is 1. The smallest absolute Gasteiger partial charge is 0.335 e. The summed E-state index contributed by atoms with van der Waals surface area (Å²) in [5.74, 6) is -0.778. The molecule has 2 aromatic carbocycles. The molecular weight excluding hydrogens is 330 g/mol. The van der Waals surface area contributed by atoms with Gasteiger partial charge >= 0.3 is 5.97 Å². The van der Waals surface area contributed by atoms with Crippen molar-refractivity contribution in [3.63, 3.8) is 0 Å². The number of carbonyl (C=O) groups excluding carboxylic acids is 1. The highest BCUT2D eigenvalue weighted by Crippen LogP contribution is 2.26. The van der Waals surface area contributed by atoms with Crippen LogP contribution in [0.3, 0.4) is 0 Å². The topological polar surface area (TPSA) is 75.6 Å². The number of aromatic carboxylic acids is 1. The highest BCUT2D eigenvalue weighted by Gasteiger charge is 2.16. The molecule has 0 aliphatic carbocycles. The SMILES string of the molecule is Cc1cc(O[C@@H](C)C(=O)Nc2ccc(C(=O)O)cc2)cc(C)c1Cl. The van der Waals surface area contributed by atoms with Crippen molar-refractivity contribution < 1.29 is 19.4 Å². The van der Waals surface area contributed by atoms with Crippen LogP contribution in [0.2, 0.25) is 5.02 Å². The number of nitrogens with one attached hydrogen (secondary N) is 1. The molecule has 2 aromatic rings. The summed E-state index contributed by atoms with van der Waals surface area (Å²) in [5.41, 5.74) is 2.42. The van der Waals surface area contributed by atoms with Crippen LogP contribution in [-0.4, -0.2) is 23.1 Å². The van der Waals surface area contributed by atoms with Gasteiger partial charge in [-0.15, -0.1) is 0 Å². The first kappa shape index (κ1) is 17.8. The third kappa shape index (κ3) is 4.26. The number of hydrogen-bond donors (Lipinski definition) is 2. The van der Waals surface area contributed by atoms with Gasteiger partial charge in [-0.25, -0.2) is 4.79 Å². The maximum absolute atomic E-state index is 12.2. The largest absolute Gasteiger partial charge is 0.481 e. The molecule has 1 amide bonds. The average Bonchev–Trinajstić information content (AvgIpc) is 2.52. The van der Waals surface area contributed by atoms with Crippen LogP contribution in [0.15, 0.2) is 36.4 Å². The van der Waals surface area contributed by atoms with Gasteiger partial charge in [-0.05, 0) is 68.3 Å². The van der Waals surface area contributed by atoms with Crippen molar-refractivity contribution in [2.75, 3.05) is 5.32 Å². The van der Waals surface area contributed by atoms with E-state index in [0.29, 0.717) is 16.5 Å². The van der Waals surface area contributed by atoms with Gasteiger partial charge in [-0.2, -0.15) is 0 Å². The van der Waals surface area contributed by atoms with E-state index in [1.54, 1.807) is 19.1 Å². The van der Waals surface area contributed by atoms with Crippen LogP contribution in [0.25, 0.3) is 0 Å². The number of amides is 1. The van der Waals surface area contributed by atoms with Gasteiger partial charge in [0.1, 0.15) is 5.75 Å². The van der Waals surface area contributed by atoms with Crippen LogP contribution >= 0.6 is 11.6 Å². The summed E-state index contributed by atoms with van der Waals surface area (Å²) in [4.78, 5) is 23.0. The molecular formula is C18H18ClNO4. The minimum Gasteiger partial charge on any atom is -0.481 e. The highest BCUT2D eigenvalue weighted by atomic mass is 35.5. The molecule has 0 aromatic heterocycles. The minimum absolute atomic E-state index is 0.157. The lowest BCUT2D eigenvalue weighted by Crippen LogP contribution is -2.30. The summed E-state index contributed by atoms with van der Waals surface area (Å²) < 4.78 is 5.66. The second-order valence-electron chi connectivity index (χ2n) is 5.50. The number of carboxylic acid groups (broad SMARTS) is 1. The first-order valence-electron chi connectivity index (χ1n) is 7.35. The van der Waals surface area contributed by atoms with E-state index in [1.165, 1.54) is 24.3 Å². The fraction of sp³-hybridized carbons (Fsp3) is 0.222. The van der Waals surface area contributed by atoms with Crippen molar-refractivity contribution >= 4 is 29.2 Å². The zero-order valence-electron chi connectivity index (χ0n) is 13.6. The molecule has 0 radical (unpaired) electrons. The first-order valence-corrected chi connectivity index (χ1v) is 7.73. The molecule has 0 heterocycles. The number of hydrogen-bond acceptors (Lipinski definition) is 3. The Hall–Kier alpha value is -2.53. The summed E-state index contributed by atoms with van der Waals surface area (Å²) in [6.45, 7) is 5.38. The van der Waals surface area contributed by atoms with Crippen molar-refractivity contribution in [2.24, 2.45) is 0 Å². The fourth-order valence-electron chi connectivity index (χ4n) is 2.17. The molecule has 6 heteroatoms. The molecule has 0 saturated heterocycles. The summed E-state index contributed by atoms with van der Waals surface area (Å²) in [5, 5.41) is 12.2. The first-order chi connectivity index (χ1) is 11.3. The summed E-state index contributed by atoms with van der Waals surface area (Å²) in [6, 6.07) is 9.47. The van der Waals surface area contributed by atoms with Crippen LogP contribution < -0.4 is 10.1 Å². The highest BCUT2D eigenvalue weighted by molar-refractivity contribution is 6.32. The third-order valence-electron chi connectivity index (χ3n) is 3.49. The predicted octanol–water partition coefficient (Wildman–Crippen LogP) is 4.06. The molecule has 2 N–H and O–H groups in total. The van der Waals surface area contributed by atoms with Crippen molar-refractivity contribution in [2.45, 2.75) is 26.9 Å². The van der Waals surface area contributed by atoms with Crippen LogP contribution in [0.5, 0.6) is 5.75 Å². The van der Waals surface area contributed by atoms with Crippen LogP contribution in [0.4, 0.5) is 5.69 Å².